The number of carbonyl (C=O) groups is 1. The summed E-state index contributed by atoms with van der Waals surface area (Å²) >= 11 is 0. The van der Waals surface area contributed by atoms with Gasteiger partial charge in [0, 0.05) is 12.3 Å². The van der Waals surface area contributed by atoms with E-state index in [4.69, 9.17) is 0 Å². The van der Waals surface area contributed by atoms with Crippen LogP contribution in [-0.2, 0) is 4.79 Å². The van der Waals surface area contributed by atoms with Gasteiger partial charge in [0.25, 0.3) is 0 Å². The Morgan fingerprint density at radius 3 is 2.34 bits per heavy atom. The number of rotatable bonds is 3. The Morgan fingerprint density at radius 2 is 1.66 bits per heavy atom. The Balaban J connectivity index is 1.51. The van der Waals surface area contributed by atoms with Crippen molar-refractivity contribution in [2.24, 2.45) is 40.4 Å². The second-order valence-corrected chi connectivity index (χ2v) is 11.0. The first-order valence-corrected chi connectivity index (χ1v) is 11.4. The second-order valence-electron chi connectivity index (χ2n) is 11.0. The third kappa shape index (κ3) is 3.46. The minimum atomic E-state index is -4.73. The molecule has 2 N–H and O–H groups in total. The van der Waals surface area contributed by atoms with Crippen molar-refractivity contribution in [3.8, 4) is 0 Å². The zero-order valence-corrected chi connectivity index (χ0v) is 17.5. The lowest BCUT2D eigenvalue weighted by Gasteiger charge is -2.60. The predicted molar refractivity (Wildman–Crippen MR) is 103 cm³/mol. The number of hydrogen-bond donors (Lipinski definition) is 2. The molecule has 0 amide bonds. The van der Waals surface area contributed by atoms with Gasteiger partial charge in [0.2, 0.25) is 0 Å². The quantitative estimate of drug-likeness (QED) is 0.689. The molecule has 4 rings (SSSR count). The molecule has 3 nitrogen and oxygen atoms in total. The van der Waals surface area contributed by atoms with Crippen LogP contribution in [0, 0.1) is 40.4 Å². The summed E-state index contributed by atoms with van der Waals surface area (Å²) in [5.41, 5.74) is 0.0129. The number of hydrogen-bond acceptors (Lipinski definition) is 3. The molecule has 29 heavy (non-hydrogen) atoms. The molecule has 0 radical (unpaired) electrons. The monoisotopic (exact) mass is 416 g/mol. The van der Waals surface area contributed by atoms with Crippen molar-refractivity contribution in [3.63, 3.8) is 0 Å². The molecule has 0 aromatic heterocycles. The van der Waals surface area contributed by atoms with Gasteiger partial charge in [0.05, 0.1) is 6.10 Å². The lowest BCUT2D eigenvalue weighted by molar-refractivity contribution is -0.206. The number of aliphatic hydroxyl groups is 2. The molecule has 0 bridgehead atoms. The van der Waals surface area contributed by atoms with Crippen molar-refractivity contribution in [3.05, 3.63) is 0 Å². The molecule has 0 saturated heterocycles. The molecule has 9 atom stereocenters. The first kappa shape index (κ1) is 21.6. The Morgan fingerprint density at radius 1 is 1.00 bits per heavy atom. The summed E-state index contributed by atoms with van der Waals surface area (Å²) in [6.45, 7) is 4.53. The van der Waals surface area contributed by atoms with E-state index in [2.05, 4.69) is 13.8 Å². The van der Waals surface area contributed by atoms with E-state index < -0.39 is 24.5 Å². The van der Waals surface area contributed by atoms with E-state index >= 15 is 0 Å². The Bertz CT molecular complexity index is 650. The smallest absolute Gasteiger partial charge is 0.393 e. The van der Waals surface area contributed by atoms with E-state index in [1.54, 1.807) is 0 Å². The van der Waals surface area contributed by atoms with Crippen LogP contribution < -0.4 is 0 Å². The summed E-state index contributed by atoms with van der Waals surface area (Å²) in [5.74, 6) is 1.33. The highest BCUT2D eigenvalue weighted by molar-refractivity contribution is 5.82. The van der Waals surface area contributed by atoms with Crippen molar-refractivity contribution in [2.75, 3.05) is 0 Å². The van der Waals surface area contributed by atoms with Gasteiger partial charge in [-0.15, -0.1) is 0 Å². The highest BCUT2D eigenvalue weighted by Gasteiger charge is 2.61. The molecular formula is C23H35F3O3. The van der Waals surface area contributed by atoms with Crippen molar-refractivity contribution in [2.45, 2.75) is 96.4 Å². The van der Waals surface area contributed by atoms with E-state index in [0.29, 0.717) is 30.1 Å². The summed E-state index contributed by atoms with van der Waals surface area (Å²) in [7, 11) is 0. The van der Waals surface area contributed by atoms with Crippen molar-refractivity contribution >= 4 is 5.78 Å². The summed E-state index contributed by atoms with van der Waals surface area (Å²) < 4.78 is 38.3. The molecule has 0 unspecified atom stereocenters. The van der Waals surface area contributed by atoms with Crippen LogP contribution >= 0.6 is 0 Å². The second kappa shape index (κ2) is 7.22. The minimum Gasteiger partial charge on any atom is -0.393 e. The van der Waals surface area contributed by atoms with Gasteiger partial charge in [-0.05, 0) is 92.3 Å². The van der Waals surface area contributed by atoms with Crippen LogP contribution in [0.4, 0.5) is 13.2 Å². The summed E-state index contributed by atoms with van der Waals surface area (Å²) in [6, 6.07) is 0. The molecule has 0 aliphatic heterocycles. The molecule has 0 spiro atoms. The van der Waals surface area contributed by atoms with Gasteiger partial charge in [-0.25, -0.2) is 0 Å². The fraction of sp³-hybridized carbons (Fsp3) is 0.957. The maximum atomic E-state index is 12.8. The van der Waals surface area contributed by atoms with Crippen LogP contribution in [0.25, 0.3) is 0 Å². The highest BCUT2D eigenvalue weighted by Crippen LogP contribution is 2.67. The molecule has 4 aliphatic rings. The zero-order chi connectivity index (χ0) is 21.2. The first-order chi connectivity index (χ1) is 13.5. The number of Topliss-reactive ketones (excluding diaryl/α,β-unsaturated/α-hetero) is 1. The summed E-state index contributed by atoms with van der Waals surface area (Å²) in [6.07, 6.45) is 0.310. The number of fused-ring (bicyclic) bond motifs is 5. The molecule has 4 saturated carbocycles. The molecular weight excluding hydrogens is 381 g/mol. The lowest BCUT2D eigenvalue weighted by atomic mass is 9.44. The zero-order valence-electron chi connectivity index (χ0n) is 17.5. The minimum absolute atomic E-state index is 0.174. The molecule has 4 fully saturated rings. The maximum absolute atomic E-state index is 12.8. The average Bonchev–Trinajstić information content (AvgIpc) is 2.98. The van der Waals surface area contributed by atoms with E-state index in [1.165, 1.54) is 0 Å². The van der Waals surface area contributed by atoms with Gasteiger partial charge >= 0.3 is 6.18 Å². The third-order valence-electron chi connectivity index (χ3n) is 9.80. The van der Waals surface area contributed by atoms with Crippen LogP contribution in [0.2, 0.25) is 0 Å². The van der Waals surface area contributed by atoms with Gasteiger partial charge < -0.3 is 10.2 Å². The van der Waals surface area contributed by atoms with Crippen LogP contribution in [0.3, 0.4) is 0 Å². The highest BCUT2D eigenvalue weighted by atomic mass is 19.4. The number of carbonyl (C=O) groups excluding carboxylic acids is 1. The Labute approximate surface area is 171 Å². The van der Waals surface area contributed by atoms with Crippen LogP contribution in [0.1, 0.15) is 78.1 Å². The first-order valence-electron chi connectivity index (χ1n) is 11.4. The maximum Gasteiger partial charge on any atom is 0.414 e. The normalized spacial score (nSPS) is 48.4. The Kier molecular flexibility index (Phi) is 5.38. The Hall–Kier alpha value is -0.620. The van der Waals surface area contributed by atoms with E-state index in [0.717, 1.165) is 51.4 Å². The van der Waals surface area contributed by atoms with E-state index in [9.17, 15) is 28.2 Å². The van der Waals surface area contributed by atoms with Gasteiger partial charge in [0.1, 0.15) is 5.78 Å². The number of ketones is 1. The molecule has 0 heterocycles. The van der Waals surface area contributed by atoms with Gasteiger partial charge in [-0.1, -0.05) is 13.8 Å². The summed E-state index contributed by atoms with van der Waals surface area (Å²) in [5, 5.41) is 19.5. The SMILES string of the molecule is C[C@]12CC[C@@H](O)C[C@@H]1CC[C@@H]1[C@@H]2CC[C@]2(C)[C@@H](C(=O)C[C@H](O)C(F)(F)F)CC[C@@H]12. The third-order valence-corrected chi connectivity index (χ3v) is 9.80. The largest absolute Gasteiger partial charge is 0.414 e. The summed E-state index contributed by atoms with van der Waals surface area (Å²) in [4.78, 5) is 12.8. The van der Waals surface area contributed by atoms with Gasteiger partial charge in [-0.2, -0.15) is 13.2 Å². The predicted octanol–water partition coefficient (Wildman–Crippen LogP) is 4.89. The number of aliphatic hydroxyl groups excluding tert-OH is 2. The fourth-order valence-corrected chi connectivity index (χ4v) is 8.21. The molecule has 0 aromatic carbocycles. The van der Waals surface area contributed by atoms with Gasteiger partial charge in [-0.3, -0.25) is 4.79 Å². The lowest BCUT2D eigenvalue weighted by Crippen LogP contribution is -2.54. The number of halogens is 3. The topological polar surface area (TPSA) is 57.5 Å². The molecule has 6 heteroatoms. The molecule has 166 valence electrons. The van der Waals surface area contributed by atoms with Crippen molar-refractivity contribution in [1.29, 1.82) is 0 Å². The van der Waals surface area contributed by atoms with Crippen LogP contribution in [0.5, 0.6) is 0 Å². The van der Waals surface area contributed by atoms with Crippen LogP contribution in [-0.4, -0.2) is 34.4 Å². The molecule has 4 aliphatic carbocycles. The number of alkyl halides is 3. The van der Waals surface area contributed by atoms with E-state index in [-0.39, 0.29) is 22.9 Å². The average molecular weight is 417 g/mol. The van der Waals surface area contributed by atoms with Crippen molar-refractivity contribution in [1.82, 2.24) is 0 Å². The van der Waals surface area contributed by atoms with Crippen molar-refractivity contribution < 1.29 is 28.2 Å². The van der Waals surface area contributed by atoms with E-state index in [1.807, 2.05) is 0 Å². The molecule has 0 aromatic rings. The standard InChI is InChI=1S/C23H35F3O3/c1-21-9-7-14(27)11-13(21)3-4-15-16-5-6-18(22(16,2)10-8-17(15)21)19(28)12-20(29)23(24,25)26/h13-18,20,27,29H,3-12H2,1-2H3/t13-,14+,15-,16-,17-,18+,20-,21-,22-/m0/s1. The fourth-order valence-electron chi connectivity index (χ4n) is 8.21. The van der Waals surface area contributed by atoms with Crippen LogP contribution in [0.15, 0.2) is 0 Å². The van der Waals surface area contributed by atoms with Gasteiger partial charge in [0.15, 0.2) is 6.10 Å².